The van der Waals surface area contributed by atoms with Crippen LogP contribution < -0.4 is 11.1 Å². The molecule has 2 atom stereocenters. The van der Waals surface area contributed by atoms with Gasteiger partial charge in [0.25, 0.3) is 5.91 Å². The molecule has 0 aromatic heterocycles. The minimum atomic E-state index is -1.45. The zero-order chi connectivity index (χ0) is 18.0. The van der Waals surface area contributed by atoms with Crippen molar-refractivity contribution in [3.05, 3.63) is 35.4 Å². The average molecular weight is 345 g/mol. The first-order chi connectivity index (χ1) is 12.0. The molecule has 1 fully saturated rings. The summed E-state index contributed by atoms with van der Waals surface area (Å²) in [4.78, 5) is 27.1. The maximum atomic E-state index is 13.4. The fourth-order valence-electron chi connectivity index (χ4n) is 4.20. The largest absolute Gasteiger partial charge is 0.453 e. The molecule has 1 aromatic carbocycles. The Morgan fingerprint density at radius 3 is 2.52 bits per heavy atom. The Morgan fingerprint density at radius 1 is 1.32 bits per heavy atom. The molecule has 0 unspecified atom stereocenters. The summed E-state index contributed by atoms with van der Waals surface area (Å²) < 4.78 is 4.75. The maximum Gasteiger partial charge on any atom is 0.408 e. The minimum Gasteiger partial charge on any atom is -0.453 e. The zero-order valence-corrected chi connectivity index (χ0v) is 15.0. The van der Waals surface area contributed by atoms with Crippen LogP contribution in [0.1, 0.15) is 37.3 Å². The van der Waals surface area contributed by atoms with Crippen LogP contribution in [0, 0.1) is 5.92 Å². The fourth-order valence-corrected chi connectivity index (χ4v) is 4.20. The Balaban J connectivity index is 1.88. The lowest BCUT2D eigenvalue weighted by molar-refractivity contribution is -0.141. The van der Waals surface area contributed by atoms with Crippen molar-refractivity contribution in [1.29, 1.82) is 0 Å². The van der Waals surface area contributed by atoms with E-state index in [1.807, 2.05) is 17.0 Å². The number of alkyl carbamates (subject to hydrolysis) is 1. The molecule has 1 heterocycles. The van der Waals surface area contributed by atoms with Crippen LogP contribution in [0.25, 0.3) is 0 Å². The Labute approximate surface area is 148 Å². The van der Waals surface area contributed by atoms with E-state index in [0.29, 0.717) is 19.4 Å². The van der Waals surface area contributed by atoms with Crippen molar-refractivity contribution in [2.75, 3.05) is 13.7 Å². The lowest BCUT2D eigenvalue weighted by Crippen LogP contribution is -2.70. The molecule has 1 aliphatic heterocycles. The van der Waals surface area contributed by atoms with E-state index in [0.717, 1.165) is 19.3 Å². The topological polar surface area (TPSA) is 84.7 Å². The van der Waals surface area contributed by atoms with Gasteiger partial charge >= 0.3 is 6.09 Å². The number of hydrogen-bond acceptors (Lipinski definition) is 4. The van der Waals surface area contributed by atoms with E-state index in [9.17, 15) is 9.59 Å². The third kappa shape index (κ3) is 3.23. The number of nitrogens with one attached hydrogen (secondary N) is 1. The number of carbonyl (C=O) groups excluding carboxylic acids is 2. The molecule has 25 heavy (non-hydrogen) atoms. The summed E-state index contributed by atoms with van der Waals surface area (Å²) in [5, 5.41) is 2.67. The van der Waals surface area contributed by atoms with E-state index in [2.05, 4.69) is 24.4 Å². The number of methoxy groups -OCH3 is 1. The summed E-state index contributed by atoms with van der Waals surface area (Å²) in [6.45, 7) is 2.77. The van der Waals surface area contributed by atoms with Gasteiger partial charge in [-0.1, -0.05) is 31.2 Å². The van der Waals surface area contributed by atoms with Gasteiger partial charge in [0.05, 0.1) is 7.11 Å². The van der Waals surface area contributed by atoms with Crippen LogP contribution in [0.4, 0.5) is 4.79 Å². The quantitative estimate of drug-likeness (QED) is 0.815. The number of hydrogen-bond donors (Lipinski definition) is 2. The number of nitrogens with two attached hydrogens (primary N) is 1. The number of carbonyl (C=O) groups is 2. The van der Waals surface area contributed by atoms with Gasteiger partial charge in [0.15, 0.2) is 5.66 Å². The smallest absolute Gasteiger partial charge is 0.408 e. The number of ether oxygens (including phenoxy) is 1. The molecule has 6 heteroatoms. The third-order valence-corrected chi connectivity index (χ3v) is 5.65. The molecule has 3 rings (SSSR count). The second-order valence-electron chi connectivity index (χ2n) is 7.06. The van der Waals surface area contributed by atoms with Gasteiger partial charge < -0.3 is 15.4 Å². The van der Waals surface area contributed by atoms with Crippen LogP contribution in [0.5, 0.6) is 0 Å². The van der Waals surface area contributed by atoms with E-state index in [4.69, 9.17) is 10.5 Å². The Kier molecular flexibility index (Phi) is 4.99. The summed E-state index contributed by atoms with van der Waals surface area (Å²) >= 11 is 0. The molecular formula is C19H27N3O3. The van der Waals surface area contributed by atoms with Crippen LogP contribution in [0.2, 0.25) is 0 Å². The highest BCUT2D eigenvalue weighted by molar-refractivity contribution is 5.90. The molecule has 0 saturated carbocycles. The molecule has 2 aliphatic rings. The number of benzene rings is 1. The van der Waals surface area contributed by atoms with E-state index >= 15 is 0 Å². The highest BCUT2D eigenvalue weighted by Gasteiger charge is 2.49. The van der Waals surface area contributed by atoms with Gasteiger partial charge in [-0.3, -0.25) is 10.1 Å². The first-order valence-corrected chi connectivity index (χ1v) is 9.02. The Morgan fingerprint density at radius 2 is 1.96 bits per heavy atom. The molecular weight excluding hydrogens is 318 g/mol. The molecule has 6 nitrogen and oxygen atoms in total. The van der Waals surface area contributed by atoms with Crippen LogP contribution >= 0.6 is 0 Å². The van der Waals surface area contributed by atoms with Gasteiger partial charge in [0, 0.05) is 18.5 Å². The van der Waals surface area contributed by atoms with Crippen molar-refractivity contribution < 1.29 is 14.3 Å². The molecule has 0 radical (unpaired) electrons. The summed E-state index contributed by atoms with van der Waals surface area (Å²) in [7, 11) is 1.29. The third-order valence-electron chi connectivity index (χ3n) is 5.65. The highest BCUT2D eigenvalue weighted by Crippen LogP contribution is 2.34. The van der Waals surface area contributed by atoms with Crippen LogP contribution in [-0.4, -0.2) is 42.3 Å². The molecule has 136 valence electrons. The molecule has 1 aromatic rings. The SMILES string of the molecule is CC[C@@H]1CCCN1C(=O)[C@@](N)(NC(=O)OC)C1Cc2ccccc2C1. The lowest BCUT2D eigenvalue weighted by atomic mass is 9.88. The van der Waals surface area contributed by atoms with Crippen molar-refractivity contribution in [2.45, 2.75) is 50.7 Å². The summed E-state index contributed by atoms with van der Waals surface area (Å²) in [6, 6.07) is 8.29. The minimum absolute atomic E-state index is 0.186. The molecule has 0 spiro atoms. The number of likely N-dealkylation sites (tertiary alicyclic amines) is 1. The molecule has 3 N–H and O–H groups in total. The van der Waals surface area contributed by atoms with Gasteiger partial charge in [0.2, 0.25) is 0 Å². The predicted molar refractivity (Wildman–Crippen MR) is 94.8 cm³/mol. The van der Waals surface area contributed by atoms with Crippen LogP contribution in [0.15, 0.2) is 24.3 Å². The molecule has 0 bridgehead atoms. The molecule has 2 amide bonds. The Hall–Kier alpha value is -2.08. The van der Waals surface area contributed by atoms with Gasteiger partial charge in [-0.05, 0) is 43.2 Å². The summed E-state index contributed by atoms with van der Waals surface area (Å²) in [5.74, 6) is -0.380. The van der Waals surface area contributed by atoms with Gasteiger partial charge in [-0.2, -0.15) is 0 Å². The van der Waals surface area contributed by atoms with Crippen molar-refractivity contribution in [1.82, 2.24) is 10.2 Å². The lowest BCUT2D eigenvalue weighted by Gasteiger charge is -2.39. The number of rotatable bonds is 4. The molecule has 1 aliphatic carbocycles. The van der Waals surface area contributed by atoms with Crippen molar-refractivity contribution in [2.24, 2.45) is 11.7 Å². The van der Waals surface area contributed by atoms with E-state index in [1.54, 1.807) is 0 Å². The molecule has 1 saturated heterocycles. The first-order valence-electron chi connectivity index (χ1n) is 9.02. The second kappa shape index (κ2) is 7.04. The van der Waals surface area contributed by atoms with Gasteiger partial charge in [-0.15, -0.1) is 0 Å². The van der Waals surface area contributed by atoms with E-state index < -0.39 is 11.8 Å². The van der Waals surface area contributed by atoms with E-state index in [1.165, 1.54) is 18.2 Å². The van der Waals surface area contributed by atoms with Gasteiger partial charge in [0.1, 0.15) is 0 Å². The number of amides is 2. The predicted octanol–water partition coefficient (Wildman–Crippen LogP) is 1.81. The van der Waals surface area contributed by atoms with Crippen LogP contribution in [0.3, 0.4) is 0 Å². The maximum absolute atomic E-state index is 13.4. The van der Waals surface area contributed by atoms with Crippen molar-refractivity contribution >= 4 is 12.0 Å². The van der Waals surface area contributed by atoms with Crippen molar-refractivity contribution in [3.8, 4) is 0 Å². The van der Waals surface area contributed by atoms with Gasteiger partial charge in [-0.25, -0.2) is 4.79 Å². The van der Waals surface area contributed by atoms with Crippen LogP contribution in [-0.2, 0) is 22.4 Å². The highest BCUT2D eigenvalue weighted by atomic mass is 16.5. The Bertz CT molecular complexity index is 638. The standard InChI is InChI=1S/C19H27N3O3/c1-3-16-9-6-10-22(16)17(23)19(20,21-18(24)25-2)15-11-13-7-4-5-8-14(13)12-15/h4-5,7-8,15-16H,3,6,9-12,20H2,1-2H3,(H,21,24)/t16-,19+/m1/s1. The van der Waals surface area contributed by atoms with E-state index in [-0.39, 0.29) is 17.9 Å². The first kappa shape index (κ1) is 17.7. The summed E-state index contributed by atoms with van der Waals surface area (Å²) in [5.41, 5.74) is 7.52. The van der Waals surface area contributed by atoms with Crippen molar-refractivity contribution in [3.63, 3.8) is 0 Å². The number of fused-ring (bicyclic) bond motifs is 1. The zero-order valence-electron chi connectivity index (χ0n) is 15.0. The monoisotopic (exact) mass is 345 g/mol. The normalized spacial score (nSPS) is 22.4. The fraction of sp³-hybridized carbons (Fsp3) is 0.579. The number of nitrogens with zero attached hydrogens (tertiary/aromatic N) is 1. The second-order valence-corrected chi connectivity index (χ2v) is 7.06. The average Bonchev–Trinajstić information content (AvgIpc) is 3.27. The summed E-state index contributed by atoms with van der Waals surface area (Å²) in [6.07, 6.45) is 3.54.